The van der Waals surface area contributed by atoms with Crippen molar-refractivity contribution in [2.45, 2.75) is 38.0 Å². The van der Waals surface area contributed by atoms with Crippen LogP contribution in [-0.2, 0) is 13.0 Å². The quantitative estimate of drug-likeness (QED) is 0.848. The van der Waals surface area contributed by atoms with Gasteiger partial charge in [-0.2, -0.15) is 5.10 Å². The maximum atomic E-state index is 10.3. The van der Waals surface area contributed by atoms with E-state index < -0.39 is 0 Å². The van der Waals surface area contributed by atoms with Gasteiger partial charge in [0.25, 0.3) is 0 Å². The van der Waals surface area contributed by atoms with E-state index in [-0.39, 0.29) is 6.10 Å². The van der Waals surface area contributed by atoms with Crippen molar-refractivity contribution in [3.63, 3.8) is 0 Å². The third-order valence-corrected chi connectivity index (χ3v) is 4.51. The monoisotopic (exact) mass is 315 g/mol. The highest BCUT2D eigenvalue weighted by molar-refractivity contribution is 5.29. The molecule has 2 heterocycles. The number of methoxy groups -OCH3 is 1. The third-order valence-electron chi connectivity index (χ3n) is 4.51. The zero-order valence-electron chi connectivity index (χ0n) is 13.6. The SMILES string of the molecule is COc1cccc(C[C@@H]2CCCN2C[C@H](O)Cn2cccn2)c1. The second-order valence-electron chi connectivity index (χ2n) is 6.23. The molecular formula is C18H25N3O2. The van der Waals surface area contributed by atoms with E-state index in [4.69, 9.17) is 4.74 Å². The Morgan fingerprint density at radius 2 is 2.26 bits per heavy atom. The first-order valence-corrected chi connectivity index (χ1v) is 8.27. The van der Waals surface area contributed by atoms with E-state index in [9.17, 15) is 5.11 Å². The maximum absolute atomic E-state index is 10.3. The zero-order chi connectivity index (χ0) is 16.1. The van der Waals surface area contributed by atoms with Gasteiger partial charge < -0.3 is 9.84 Å². The molecule has 3 rings (SSSR count). The highest BCUT2D eigenvalue weighted by Crippen LogP contribution is 2.23. The average molecular weight is 315 g/mol. The minimum absolute atomic E-state index is 0.388. The van der Waals surface area contributed by atoms with Crippen LogP contribution in [0, 0.1) is 0 Å². The first-order valence-electron chi connectivity index (χ1n) is 8.27. The maximum Gasteiger partial charge on any atom is 0.119 e. The standard InChI is InChI=1S/C18H25N3O2/c1-23-18-7-2-5-15(12-18)11-16-6-3-9-20(16)13-17(22)14-21-10-4-8-19-21/h2,4-5,7-8,10,12,16-17,22H,3,6,9,11,13-14H2,1H3/t16-,17-/m0/s1. The van der Waals surface area contributed by atoms with Gasteiger partial charge in [0.1, 0.15) is 5.75 Å². The van der Waals surface area contributed by atoms with Gasteiger partial charge >= 0.3 is 0 Å². The molecule has 0 aliphatic carbocycles. The highest BCUT2D eigenvalue weighted by Gasteiger charge is 2.26. The van der Waals surface area contributed by atoms with Crippen molar-refractivity contribution < 1.29 is 9.84 Å². The molecule has 1 aromatic heterocycles. The van der Waals surface area contributed by atoms with E-state index in [2.05, 4.69) is 22.1 Å². The van der Waals surface area contributed by atoms with Crippen LogP contribution < -0.4 is 4.74 Å². The summed E-state index contributed by atoms with van der Waals surface area (Å²) in [6.07, 6.45) is 6.64. The van der Waals surface area contributed by atoms with Crippen LogP contribution in [0.5, 0.6) is 5.75 Å². The lowest BCUT2D eigenvalue weighted by Crippen LogP contribution is -2.39. The lowest BCUT2D eigenvalue weighted by atomic mass is 10.0. The van der Waals surface area contributed by atoms with Crippen LogP contribution in [0.1, 0.15) is 18.4 Å². The fourth-order valence-electron chi connectivity index (χ4n) is 3.39. The summed E-state index contributed by atoms with van der Waals surface area (Å²) in [5.74, 6) is 0.908. The smallest absolute Gasteiger partial charge is 0.119 e. The van der Waals surface area contributed by atoms with Gasteiger partial charge in [-0.3, -0.25) is 9.58 Å². The lowest BCUT2D eigenvalue weighted by Gasteiger charge is -2.27. The predicted molar refractivity (Wildman–Crippen MR) is 89.5 cm³/mol. The summed E-state index contributed by atoms with van der Waals surface area (Å²) in [5.41, 5.74) is 1.29. The number of hydrogen-bond acceptors (Lipinski definition) is 4. The number of hydrogen-bond donors (Lipinski definition) is 1. The predicted octanol–water partition coefficient (Wildman–Crippen LogP) is 1.96. The summed E-state index contributed by atoms with van der Waals surface area (Å²) in [4.78, 5) is 2.41. The normalized spacial score (nSPS) is 19.8. The molecule has 0 amide bonds. The van der Waals surface area contributed by atoms with Crippen LogP contribution in [0.3, 0.4) is 0 Å². The molecule has 5 heteroatoms. The number of aliphatic hydroxyl groups is 1. The zero-order valence-corrected chi connectivity index (χ0v) is 13.6. The summed E-state index contributed by atoms with van der Waals surface area (Å²) in [6, 6.07) is 10.7. The third kappa shape index (κ3) is 4.33. The van der Waals surface area contributed by atoms with Gasteiger partial charge in [-0.15, -0.1) is 0 Å². The van der Waals surface area contributed by atoms with Crippen molar-refractivity contribution in [2.24, 2.45) is 0 Å². The van der Waals surface area contributed by atoms with Crippen molar-refractivity contribution >= 4 is 0 Å². The van der Waals surface area contributed by atoms with E-state index >= 15 is 0 Å². The Labute approximate surface area is 137 Å². The number of likely N-dealkylation sites (tertiary alicyclic amines) is 1. The molecule has 1 saturated heterocycles. The van der Waals surface area contributed by atoms with Gasteiger partial charge in [0, 0.05) is 25.0 Å². The van der Waals surface area contributed by atoms with Gasteiger partial charge in [-0.05, 0) is 49.6 Å². The molecule has 0 radical (unpaired) electrons. The Bertz CT molecular complexity index is 600. The Morgan fingerprint density at radius 3 is 3.04 bits per heavy atom. The van der Waals surface area contributed by atoms with Gasteiger partial charge in [0.05, 0.1) is 19.8 Å². The number of rotatable bonds is 7. The van der Waals surface area contributed by atoms with Crippen molar-refractivity contribution in [3.8, 4) is 5.75 Å². The largest absolute Gasteiger partial charge is 0.497 e. The summed E-state index contributed by atoms with van der Waals surface area (Å²) in [7, 11) is 1.70. The molecular weight excluding hydrogens is 290 g/mol. The van der Waals surface area contributed by atoms with E-state index in [0.29, 0.717) is 19.1 Å². The van der Waals surface area contributed by atoms with Crippen LogP contribution in [-0.4, -0.2) is 52.1 Å². The molecule has 0 bridgehead atoms. The summed E-state index contributed by atoms with van der Waals surface area (Å²) in [6.45, 7) is 2.31. The average Bonchev–Trinajstić information content (AvgIpc) is 3.20. The van der Waals surface area contributed by atoms with Crippen molar-refractivity contribution in [1.82, 2.24) is 14.7 Å². The van der Waals surface area contributed by atoms with E-state index in [1.54, 1.807) is 18.0 Å². The number of aromatic nitrogens is 2. The van der Waals surface area contributed by atoms with Crippen LogP contribution in [0.4, 0.5) is 0 Å². The van der Waals surface area contributed by atoms with Crippen molar-refractivity contribution in [3.05, 3.63) is 48.3 Å². The van der Waals surface area contributed by atoms with Gasteiger partial charge in [0.2, 0.25) is 0 Å². The summed E-state index contributed by atoms with van der Waals surface area (Å²) in [5, 5.41) is 14.5. The number of benzene rings is 1. The molecule has 0 spiro atoms. The molecule has 1 aliphatic heterocycles. The molecule has 23 heavy (non-hydrogen) atoms. The van der Waals surface area contributed by atoms with Crippen LogP contribution in [0.15, 0.2) is 42.7 Å². The molecule has 0 unspecified atom stereocenters. The van der Waals surface area contributed by atoms with Crippen LogP contribution in [0.2, 0.25) is 0 Å². The number of nitrogens with zero attached hydrogens (tertiary/aromatic N) is 3. The molecule has 1 N–H and O–H groups in total. The van der Waals surface area contributed by atoms with E-state index in [1.165, 1.54) is 18.4 Å². The summed E-state index contributed by atoms with van der Waals surface area (Å²) >= 11 is 0. The second kappa shape index (κ2) is 7.62. The second-order valence-corrected chi connectivity index (χ2v) is 6.23. The number of ether oxygens (including phenoxy) is 1. The minimum Gasteiger partial charge on any atom is -0.497 e. The van der Waals surface area contributed by atoms with Crippen LogP contribution in [0.25, 0.3) is 0 Å². The molecule has 2 aromatic rings. The number of aliphatic hydroxyl groups excluding tert-OH is 1. The fourth-order valence-corrected chi connectivity index (χ4v) is 3.39. The molecule has 0 saturated carbocycles. The van der Waals surface area contributed by atoms with Crippen molar-refractivity contribution in [2.75, 3.05) is 20.2 Å². The lowest BCUT2D eigenvalue weighted by molar-refractivity contribution is 0.0890. The molecule has 1 fully saturated rings. The fraction of sp³-hybridized carbons (Fsp3) is 0.500. The van der Waals surface area contributed by atoms with Gasteiger partial charge in [-0.1, -0.05) is 12.1 Å². The molecule has 2 atom stereocenters. The highest BCUT2D eigenvalue weighted by atomic mass is 16.5. The number of β-amino-alcohol motifs (C(OH)–C–C–N with tert-alkyl or cyclic N) is 1. The van der Waals surface area contributed by atoms with Gasteiger partial charge in [0.15, 0.2) is 0 Å². The van der Waals surface area contributed by atoms with Crippen LogP contribution >= 0.6 is 0 Å². The molecule has 1 aromatic carbocycles. The molecule has 1 aliphatic rings. The first-order chi connectivity index (χ1) is 11.2. The van der Waals surface area contributed by atoms with Gasteiger partial charge in [-0.25, -0.2) is 0 Å². The molecule has 124 valence electrons. The Balaban J connectivity index is 1.56. The van der Waals surface area contributed by atoms with E-state index in [1.807, 2.05) is 24.4 Å². The summed E-state index contributed by atoms with van der Waals surface area (Å²) < 4.78 is 7.10. The Hall–Kier alpha value is -1.85. The minimum atomic E-state index is -0.388. The van der Waals surface area contributed by atoms with E-state index in [0.717, 1.165) is 18.7 Å². The Kier molecular flexibility index (Phi) is 5.31. The van der Waals surface area contributed by atoms with Crippen molar-refractivity contribution in [1.29, 1.82) is 0 Å². The first kappa shape index (κ1) is 16.0. The topological polar surface area (TPSA) is 50.5 Å². The Morgan fingerprint density at radius 1 is 1.35 bits per heavy atom. The molecule has 5 nitrogen and oxygen atoms in total.